The van der Waals surface area contributed by atoms with Gasteiger partial charge >= 0.3 is 0 Å². The fourth-order valence-electron chi connectivity index (χ4n) is 2.42. The Bertz CT molecular complexity index is 358. The zero-order valence-corrected chi connectivity index (χ0v) is 14.6. The van der Waals surface area contributed by atoms with Crippen molar-refractivity contribution in [3.05, 3.63) is 35.4 Å². The van der Waals surface area contributed by atoms with Gasteiger partial charge < -0.3 is 5.32 Å². The van der Waals surface area contributed by atoms with Crippen molar-refractivity contribution in [2.75, 3.05) is 11.5 Å². The number of benzene rings is 1. The van der Waals surface area contributed by atoms with E-state index in [1.54, 1.807) is 0 Å². The Balaban J connectivity index is 2.44. The van der Waals surface area contributed by atoms with Crippen molar-refractivity contribution in [2.45, 2.75) is 59.5 Å². The fraction of sp³-hybridized carbons (Fsp3) is 0.667. The molecule has 2 unspecified atom stereocenters. The van der Waals surface area contributed by atoms with Crippen LogP contribution in [0.4, 0.5) is 0 Å². The number of rotatable bonds is 9. The van der Waals surface area contributed by atoms with E-state index in [0.717, 1.165) is 5.92 Å². The molecule has 0 saturated carbocycles. The molecule has 1 aromatic carbocycles. The Morgan fingerprint density at radius 2 is 1.70 bits per heavy atom. The van der Waals surface area contributed by atoms with Gasteiger partial charge in [-0.1, -0.05) is 45.0 Å². The van der Waals surface area contributed by atoms with Gasteiger partial charge in [-0.3, -0.25) is 0 Å². The van der Waals surface area contributed by atoms with E-state index in [0.29, 0.717) is 12.1 Å². The first kappa shape index (κ1) is 17.6. The molecule has 1 rings (SSSR count). The molecule has 0 aromatic heterocycles. The van der Waals surface area contributed by atoms with Crippen LogP contribution in [-0.4, -0.2) is 17.5 Å². The highest BCUT2D eigenvalue weighted by molar-refractivity contribution is 7.99. The topological polar surface area (TPSA) is 12.0 Å². The van der Waals surface area contributed by atoms with E-state index >= 15 is 0 Å². The Labute approximate surface area is 129 Å². The SMILES string of the molecule is CCSCCC(C)NC(C)c1ccc(CC(C)C)cc1. The maximum Gasteiger partial charge on any atom is 0.0294 e. The fourth-order valence-corrected chi connectivity index (χ4v) is 3.23. The van der Waals surface area contributed by atoms with Crippen molar-refractivity contribution in [2.24, 2.45) is 5.92 Å². The van der Waals surface area contributed by atoms with E-state index < -0.39 is 0 Å². The minimum Gasteiger partial charge on any atom is -0.308 e. The second-order valence-electron chi connectivity index (χ2n) is 6.11. The van der Waals surface area contributed by atoms with Gasteiger partial charge in [0, 0.05) is 12.1 Å². The molecule has 0 heterocycles. The van der Waals surface area contributed by atoms with Crippen molar-refractivity contribution < 1.29 is 0 Å². The molecule has 0 fully saturated rings. The monoisotopic (exact) mass is 293 g/mol. The number of hydrogen-bond donors (Lipinski definition) is 1. The summed E-state index contributed by atoms with van der Waals surface area (Å²) in [5, 5.41) is 3.70. The van der Waals surface area contributed by atoms with Crippen LogP contribution in [0.1, 0.15) is 58.2 Å². The normalized spacial score (nSPS) is 14.5. The van der Waals surface area contributed by atoms with Crippen LogP contribution in [0.5, 0.6) is 0 Å². The quantitative estimate of drug-likeness (QED) is 0.638. The van der Waals surface area contributed by atoms with Crippen molar-refractivity contribution >= 4 is 11.8 Å². The molecule has 0 aliphatic heterocycles. The largest absolute Gasteiger partial charge is 0.308 e. The molecule has 2 heteroatoms. The lowest BCUT2D eigenvalue weighted by atomic mass is 9.99. The van der Waals surface area contributed by atoms with Crippen LogP contribution in [-0.2, 0) is 6.42 Å². The van der Waals surface area contributed by atoms with Crippen molar-refractivity contribution in [3.8, 4) is 0 Å². The molecule has 0 radical (unpaired) electrons. The van der Waals surface area contributed by atoms with E-state index in [1.807, 2.05) is 11.8 Å². The maximum atomic E-state index is 3.70. The lowest BCUT2D eigenvalue weighted by Gasteiger charge is -2.20. The summed E-state index contributed by atoms with van der Waals surface area (Å²) in [7, 11) is 0. The first-order chi connectivity index (χ1) is 9.52. The first-order valence-corrected chi connectivity index (χ1v) is 9.11. The zero-order valence-electron chi connectivity index (χ0n) is 13.8. The molecule has 0 saturated heterocycles. The summed E-state index contributed by atoms with van der Waals surface area (Å²) in [5.41, 5.74) is 2.84. The van der Waals surface area contributed by atoms with Crippen LogP contribution < -0.4 is 5.32 Å². The standard InChI is InChI=1S/C18H31NS/c1-6-20-12-11-15(4)19-16(5)18-9-7-17(8-10-18)13-14(2)3/h7-10,14-16,19H,6,11-13H2,1-5H3. The minimum atomic E-state index is 0.435. The third-order valence-corrected chi connectivity index (χ3v) is 4.49. The van der Waals surface area contributed by atoms with E-state index in [9.17, 15) is 0 Å². The molecule has 1 aromatic rings. The summed E-state index contributed by atoms with van der Waals surface area (Å²) in [6.07, 6.45) is 2.42. The van der Waals surface area contributed by atoms with Gasteiger partial charge in [-0.2, -0.15) is 11.8 Å². The first-order valence-electron chi connectivity index (χ1n) is 7.95. The molecule has 114 valence electrons. The summed E-state index contributed by atoms with van der Waals surface area (Å²) in [5.74, 6) is 3.21. The molecule has 2 atom stereocenters. The smallest absolute Gasteiger partial charge is 0.0294 e. The third kappa shape index (κ3) is 6.81. The summed E-state index contributed by atoms with van der Waals surface area (Å²) in [6, 6.07) is 10.1. The molecular formula is C18H31NS. The molecule has 1 N–H and O–H groups in total. The Morgan fingerprint density at radius 1 is 1.05 bits per heavy atom. The van der Waals surface area contributed by atoms with E-state index in [1.165, 1.54) is 35.5 Å². The average Bonchev–Trinajstić information content (AvgIpc) is 2.39. The van der Waals surface area contributed by atoms with Gasteiger partial charge in [0.05, 0.1) is 0 Å². The van der Waals surface area contributed by atoms with Crippen LogP contribution in [0.25, 0.3) is 0 Å². The molecule has 0 bridgehead atoms. The van der Waals surface area contributed by atoms with Crippen LogP contribution in [0.2, 0.25) is 0 Å². The van der Waals surface area contributed by atoms with Gasteiger partial charge in [0.25, 0.3) is 0 Å². The lowest BCUT2D eigenvalue weighted by Crippen LogP contribution is -2.29. The van der Waals surface area contributed by atoms with E-state index in [-0.39, 0.29) is 0 Å². The molecule has 0 spiro atoms. The van der Waals surface area contributed by atoms with Gasteiger partial charge in [0.1, 0.15) is 0 Å². The molecule has 1 nitrogen and oxygen atoms in total. The van der Waals surface area contributed by atoms with Gasteiger partial charge in [0.15, 0.2) is 0 Å². The summed E-state index contributed by atoms with van der Waals surface area (Å²) in [4.78, 5) is 0. The van der Waals surface area contributed by atoms with Gasteiger partial charge in [-0.05, 0) is 55.2 Å². The number of nitrogens with one attached hydrogen (secondary N) is 1. The Morgan fingerprint density at radius 3 is 2.25 bits per heavy atom. The highest BCUT2D eigenvalue weighted by Gasteiger charge is 2.09. The van der Waals surface area contributed by atoms with Gasteiger partial charge in [-0.25, -0.2) is 0 Å². The van der Waals surface area contributed by atoms with Gasteiger partial charge in [0.2, 0.25) is 0 Å². The third-order valence-electron chi connectivity index (χ3n) is 3.56. The molecule has 0 aliphatic carbocycles. The molecular weight excluding hydrogens is 262 g/mol. The molecule has 20 heavy (non-hydrogen) atoms. The summed E-state index contributed by atoms with van der Waals surface area (Å²) in [6.45, 7) is 11.3. The van der Waals surface area contributed by atoms with Crippen LogP contribution in [0.15, 0.2) is 24.3 Å². The van der Waals surface area contributed by atoms with Crippen molar-refractivity contribution in [1.82, 2.24) is 5.32 Å². The van der Waals surface area contributed by atoms with Crippen molar-refractivity contribution in [3.63, 3.8) is 0 Å². The van der Waals surface area contributed by atoms with Crippen LogP contribution in [0.3, 0.4) is 0 Å². The highest BCUT2D eigenvalue weighted by atomic mass is 32.2. The second-order valence-corrected chi connectivity index (χ2v) is 7.51. The second kappa shape index (κ2) is 9.46. The highest BCUT2D eigenvalue weighted by Crippen LogP contribution is 2.17. The average molecular weight is 294 g/mol. The summed E-state index contributed by atoms with van der Waals surface area (Å²) >= 11 is 2.03. The molecule has 0 amide bonds. The van der Waals surface area contributed by atoms with E-state index in [4.69, 9.17) is 0 Å². The minimum absolute atomic E-state index is 0.435. The maximum absolute atomic E-state index is 3.70. The number of hydrogen-bond acceptors (Lipinski definition) is 2. The predicted molar refractivity (Wildman–Crippen MR) is 93.6 cm³/mol. The Kier molecular flexibility index (Phi) is 8.32. The van der Waals surface area contributed by atoms with Crippen LogP contribution in [0, 0.1) is 5.92 Å². The van der Waals surface area contributed by atoms with Gasteiger partial charge in [-0.15, -0.1) is 0 Å². The van der Waals surface area contributed by atoms with Crippen LogP contribution >= 0.6 is 11.8 Å². The lowest BCUT2D eigenvalue weighted by molar-refractivity contribution is 0.471. The predicted octanol–water partition coefficient (Wildman–Crippen LogP) is 5.07. The van der Waals surface area contributed by atoms with E-state index in [2.05, 4.69) is 64.2 Å². The number of thioether (sulfide) groups is 1. The zero-order chi connectivity index (χ0) is 15.0. The van der Waals surface area contributed by atoms with Crippen molar-refractivity contribution in [1.29, 1.82) is 0 Å². The Hall–Kier alpha value is -0.470. The molecule has 0 aliphatic rings. The summed E-state index contributed by atoms with van der Waals surface area (Å²) < 4.78 is 0.